The topological polar surface area (TPSA) is 64.2 Å². The highest BCUT2D eigenvalue weighted by Gasteiger charge is 2.02. The smallest absolute Gasteiger partial charge is 0.144 e. The molecule has 0 aliphatic heterocycles. The minimum absolute atomic E-state index is 0.443. The first kappa shape index (κ1) is 9.58. The first-order chi connectivity index (χ1) is 7.20. The van der Waals surface area contributed by atoms with Gasteiger partial charge in [-0.1, -0.05) is 0 Å². The third-order valence-corrected chi connectivity index (χ3v) is 2.18. The molecule has 0 radical (unpaired) electrons. The van der Waals surface area contributed by atoms with E-state index in [4.69, 9.17) is 5.73 Å². The van der Waals surface area contributed by atoms with Crippen LogP contribution < -0.4 is 5.73 Å². The van der Waals surface area contributed by atoms with Crippen LogP contribution in [0.2, 0.25) is 0 Å². The minimum Gasteiger partial charge on any atom is -0.382 e. The predicted molar refractivity (Wildman–Crippen MR) is 60.9 cm³/mol. The van der Waals surface area contributed by atoms with Crippen LogP contribution in [-0.2, 0) is 0 Å². The molecule has 0 atom stereocenters. The molecule has 0 spiro atoms. The van der Waals surface area contributed by atoms with E-state index in [0.717, 1.165) is 16.6 Å². The molecular formula is C11H12N4. The van der Waals surface area contributed by atoms with Crippen LogP contribution in [0.4, 0.5) is 0 Å². The lowest BCUT2D eigenvalue weighted by atomic mass is 10.2. The van der Waals surface area contributed by atoms with Crippen molar-refractivity contribution >= 4 is 16.9 Å². The number of amidine groups is 1. The number of hydrogen-bond acceptors (Lipinski definition) is 3. The van der Waals surface area contributed by atoms with Gasteiger partial charge < -0.3 is 5.73 Å². The maximum absolute atomic E-state index is 5.69. The van der Waals surface area contributed by atoms with Gasteiger partial charge in [-0.2, -0.15) is 0 Å². The predicted octanol–water partition coefficient (Wildman–Crippen LogP) is 1.27. The molecule has 15 heavy (non-hydrogen) atoms. The van der Waals surface area contributed by atoms with E-state index in [-0.39, 0.29) is 0 Å². The Morgan fingerprint density at radius 2 is 2.13 bits per heavy atom. The Labute approximate surface area is 87.9 Å². The standard InChI is InChI=1S/C11H12N4/c1-7-5-10-8(14-6-7)3-4-9(15-10)11(12)13-2/h3-6H,1-2H3,(H2,12,13). The van der Waals surface area contributed by atoms with E-state index in [0.29, 0.717) is 11.5 Å². The second kappa shape index (κ2) is 3.65. The molecule has 0 aromatic carbocycles. The van der Waals surface area contributed by atoms with Gasteiger partial charge in [-0.25, -0.2) is 4.98 Å². The molecule has 0 bridgehead atoms. The monoisotopic (exact) mass is 200 g/mol. The molecule has 2 rings (SSSR count). The first-order valence-electron chi connectivity index (χ1n) is 4.67. The molecule has 0 fully saturated rings. The number of aromatic nitrogens is 2. The summed E-state index contributed by atoms with van der Waals surface area (Å²) in [6.45, 7) is 1.98. The summed E-state index contributed by atoms with van der Waals surface area (Å²) in [5.41, 5.74) is 9.18. The molecule has 2 aromatic heterocycles. The van der Waals surface area contributed by atoms with Crippen molar-refractivity contribution in [1.29, 1.82) is 0 Å². The number of nitrogens with two attached hydrogens (primary N) is 1. The summed E-state index contributed by atoms with van der Waals surface area (Å²) < 4.78 is 0. The second-order valence-electron chi connectivity index (χ2n) is 3.36. The van der Waals surface area contributed by atoms with E-state index in [1.54, 1.807) is 7.05 Å². The van der Waals surface area contributed by atoms with Crippen molar-refractivity contribution in [3.8, 4) is 0 Å². The van der Waals surface area contributed by atoms with Crippen LogP contribution in [0.15, 0.2) is 29.4 Å². The van der Waals surface area contributed by atoms with Crippen molar-refractivity contribution in [3.05, 3.63) is 35.7 Å². The van der Waals surface area contributed by atoms with Crippen LogP contribution in [-0.4, -0.2) is 22.9 Å². The summed E-state index contributed by atoms with van der Waals surface area (Å²) in [6.07, 6.45) is 1.82. The van der Waals surface area contributed by atoms with Gasteiger partial charge in [-0.15, -0.1) is 0 Å². The third-order valence-electron chi connectivity index (χ3n) is 2.18. The van der Waals surface area contributed by atoms with E-state index in [9.17, 15) is 0 Å². The van der Waals surface area contributed by atoms with Crippen LogP contribution >= 0.6 is 0 Å². The van der Waals surface area contributed by atoms with E-state index in [1.165, 1.54) is 0 Å². The number of rotatable bonds is 1. The zero-order valence-corrected chi connectivity index (χ0v) is 8.73. The molecule has 0 amide bonds. The molecule has 2 aromatic rings. The molecule has 0 aliphatic rings. The molecule has 4 heteroatoms. The molecule has 0 saturated carbocycles. The van der Waals surface area contributed by atoms with Crippen LogP contribution in [0.25, 0.3) is 11.0 Å². The number of hydrogen-bond donors (Lipinski definition) is 1. The van der Waals surface area contributed by atoms with Gasteiger partial charge in [0.15, 0.2) is 0 Å². The molecular weight excluding hydrogens is 188 g/mol. The van der Waals surface area contributed by atoms with Gasteiger partial charge in [-0.3, -0.25) is 9.98 Å². The van der Waals surface area contributed by atoms with Gasteiger partial charge >= 0.3 is 0 Å². The highest BCUT2D eigenvalue weighted by Crippen LogP contribution is 2.11. The van der Waals surface area contributed by atoms with Gasteiger partial charge in [0.2, 0.25) is 0 Å². The van der Waals surface area contributed by atoms with Crippen molar-refractivity contribution in [1.82, 2.24) is 9.97 Å². The van der Waals surface area contributed by atoms with Gasteiger partial charge in [0.1, 0.15) is 11.5 Å². The summed E-state index contributed by atoms with van der Waals surface area (Å²) in [7, 11) is 1.65. The summed E-state index contributed by atoms with van der Waals surface area (Å²) in [5.74, 6) is 0.443. The maximum atomic E-state index is 5.69. The Morgan fingerprint density at radius 3 is 2.87 bits per heavy atom. The molecule has 0 saturated heterocycles. The zero-order chi connectivity index (χ0) is 10.8. The Balaban J connectivity index is 2.64. The van der Waals surface area contributed by atoms with Crippen molar-refractivity contribution in [2.75, 3.05) is 7.05 Å². The largest absolute Gasteiger partial charge is 0.382 e. The lowest BCUT2D eigenvalue weighted by molar-refractivity contribution is 1.26. The normalized spacial score (nSPS) is 12.0. The molecule has 0 unspecified atom stereocenters. The van der Waals surface area contributed by atoms with E-state index in [2.05, 4.69) is 15.0 Å². The first-order valence-corrected chi connectivity index (χ1v) is 4.67. The third kappa shape index (κ3) is 1.79. The van der Waals surface area contributed by atoms with Crippen LogP contribution in [0, 0.1) is 6.92 Å². The molecule has 0 aliphatic carbocycles. The Bertz CT molecular complexity index is 531. The highest BCUT2D eigenvalue weighted by molar-refractivity contribution is 5.97. The summed E-state index contributed by atoms with van der Waals surface area (Å²) in [4.78, 5) is 12.6. The van der Waals surface area contributed by atoms with Crippen molar-refractivity contribution in [2.45, 2.75) is 6.92 Å². The summed E-state index contributed by atoms with van der Waals surface area (Å²) in [6, 6.07) is 5.71. The van der Waals surface area contributed by atoms with Gasteiger partial charge in [-0.05, 0) is 30.7 Å². The lowest BCUT2D eigenvalue weighted by Crippen LogP contribution is -2.14. The van der Waals surface area contributed by atoms with Crippen LogP contribution in [0.3, 0.4) is 0 Å². The van der Waals surface area contributed by atoms with E-state index < -0.39 is 0 Å². The fraction of sp³-hybridized carbons (Fsp3) is 0.182. The molecule has 76 valence electrons. The zero-order valence-electron chi connectivity index (χ0n) is 8.73. The average Bonchev–Trinajstić information content (AvgIpc) is 2.27. The van der Waals surface area contributed by atoms with Gasteiger partial charge in [0, 0.05) is 13.2 Å². The van der Waals surface area contributed by atoms with Crippen LogP contribution in [0.1, 0.15) is 11.3 Å². The Kier molecular flexibility index (Phi) is 2.33. The van der Waals surface area contributed by atoms with E-state index in [1.807, 2.05) is 31.3 Å². The minimum atomic E-state index is 0.443. The average molecular weight is 200 g/mol. The number of aryl methyl sites for hydroxylation is 1. The summed E-state index contributed by atoms with van der Waals surface area (Å²) >= 11 is 0. The SMILES string of the molecule is CN=C(N)c1ccc2ncc(C)cc2n1. The van der Waals surface area contributed by atoms with Crippen molar-refractivity contribution < 1.29 is 0 Å². The van der Waals surface area contributed by atoms with Crippen LogP contribution in [0.5, 0.6) is 0 Å². The summed E-state index contributed by atoms with van der Waals surface area (Å²) in [5, 5.41) is 0. The highest BCUT2D eigenvalue weighted by atomic mass is 14.9. The van der Waals surface area contributed by atoms with Crippen molar-refractivity contribution in [2.24, 2.45) is 10.7 Å². The fourth-order valence-corrected chi connectivity index (χ4v) is 1.36. The quantitative estimate of drug-likeness (QED) is 0.557. The molecule has 2 heterocycles. The fourth-order valence-electron chi connectivity index (χ4n) is 1.36. The van der Waals surface area contributed by atoms with Gasteiger partial charge in [0.25, 0.3) is 0 Å². The molecule has 4 nitrogen and oxygen atoms in total. The number of nitrogens with zero attached hydrogens (tertiary/aromatic N) is 3. The number of pyridine rings is 2. The molecule has 2 N–H and O–H groups in total. The number of fused-ring (bicyclic) bond motifs is 1. The van der Waals surface area contributed by atoms with E-state index >= 15 is 0 Å². The van der Waals surface area contributed by atoms with Gasteiger partial charge in [0.05, 0.1) is 11.0 Å². The Morgan fingerprint density at radius 1 is 1.33 bits per heavy atom. The Hall–Kier alpha value is -1.97. The van der Waals surface area contributed by atoms with Crippen molar-refractivity contribution in [3.63, 3.8) is 0 Å². The maximum Gasteiger partial charge on any atom is 0.144 e. The lowest BCUT2D eigenvalue weighted by Gasteiger charge is -2.01. The number of aliphatic imine (C=N–C) groups is 1. The second-order valence-corrected chi connectivity index (χ2v) is 3.36.